The molecular weight excluding hydrogens is 239 g/mol. The van der Waals surface area contributed by atoms with Crippen LogP contribution in [0.25, 0.3) is 0 Å². The van der Waals surface area contributed by atoms with Crippen molar-refractivity contribution in [1.29, 1.82) is 0 Å². The van der Waals surface area contributed by atoms with E-state index >= 15 is 0 Å². The molecule has 5 heteroatoms. The summed E-state index contributed by atoms with van der Waals surface area (Å²) in [7, 11) is -1.42. The van der Waals surface area contributed by atoms with Crippen LogP contribution in [-0.2, 0) is 0 Å². The zero-order valence-electron chi connectivity index (χ0n) is 11.8. The first-order valence-electron chi connectivity index (χ1n) is 7.20. The number of piperidine rings is 1. The largest absolute Gasteiger partial charge is 0.488 e. The smallest absolute Gasteiger partial charge is 0.423 e. The Morgan fingerprint density at radius 3 is 2.84 bits per heavy atom. The summed E-state index contributed by atoms with van der Waals surface area (Å²) >= 11 is 0. The molecule has 1 aromatic heterocycles. The summed E-state index contributed by atoms with van der Waals surface area (Å²) in [5, 5.41) is 22.3. The number of aromatic nitrogens is 1. The molecule has 0 spiro atoms. The number of hydrogen-bond acceptors (Lipinski definition) is 4. The number of pyridine rings is 1. The number of hydrogen-bond donors (Lipinski definition) is 3. The molecule has 1 aliphatic rings. The van der Waals surface area contributed by atoms with Gasteiger partial charge in [0.05, 0.1) is 0 Å². The molecule has 0 bridgehead atoms. The molecule has 1 fully saturated rings. The molecular formula is C14H23BN2O2. The van der Waals surface area contributed by atoms with Crippen LogP contribution < -0.4 is 10.8 Å². The predicted molar refractivity (Wildman–Crippen MR) is 77.6 cm³/mol. The van der Waals surface area contributed by atoms with Gasteiger partial charge in [-0.1, -0.05) is 13.8 Å². The number of nitrogens with one attached hydrogen (secondary N) is 1. The summed E-state index contributed by atoms with van der Waals surface area (Å²) in [5.74, 6) is 0.726. The van der Waals surface area contributed by atoms with Crippen molar-refractivity contribution in [3.8, 4) is 0 Å². The molecule has 1 saturated heterocycles. The predicted octanol–water partition coefficient (Wildman–Crippen LogP) is 0.742. The molecule has 0 saturated carbocycles. The zero-order chi connectivity index (χ0) is 13.8. The Bertz CT molecular complexity index is 420. The summed E-state index contributed by atoms with van der Waals surface area (Å²) in [5.41, 5.74) is 2.52. The maximum Gasteiger partial charge on any atom is 0.488 e. The van der Waals surface area contributed by atoms with Crippen molar-refractivity contribution in [1.82, 2.24) is 10.3 Å². The second-order valence-electron chi connectivity index (χ2n) is 5.48. The van der Waals surface area contributed by atoms with Crippen molar-refractivity contribution < 1.29 is 10.0 Å². The van der Waals surface area contributed by atoms with Crippen LogP contribution in [0.4, 0.5) is 0 Å². The van der Waals surface area contributed by atoms with Crippen LogP contribution in [0.5, 0.6) is 0 Å². The van der Waals surface area contributed by atoms with Crippen LogP contribution in [-0.4, -0.2) is 35.2 Å². The molecule has 2 rings (SSSR count). The first-order chi connectivity index (χ1) is 9.11. The highest BCUT2D eigenvalue weighted by Gasteiger charge is 2.21. The molecule has 2 atom stereocenters. The first kappa shape index (κ1) is 14.5. The highest BCUT2D eigenvalue weighted by Crippen LogP contribution is 2.23. The maximum atomic E-state index is 9.44. The minimum absolute atomic E-state index is 0.342. The Morgan fingerprint density at radius 1 is 1.47 bits per heavy atom. The van der Waals surface area contributed by atoms with Crippen LogP contribution >= 0.6 is 0 Å². The quantitative estimate of drug-likeness (QED) is 0.700. The molecule has 4 nitrogen and oxygen atoms in total. The van der Waals surface area contributed by atoms with E-state index in [0.29, 0.717) is 17.3 Å². The molecule has 0 amide bonds. The molecule has 0 radical (unpaired) electrons. The van der Waals surface area contributed by atoms with E-state index in [4.69, 9.17) is 4.98 Å². The number of nitrogens with zero attached hydrogens (tertiary/aromatic N) is 1. The van der Waals surface area contributed by atoms with E-state index in [0.717, 1.165) is 43.7 Å². The lowest BCUT2D eigenvalue weighted by atomic mass is 9.78. The minimum Gasteiger partial charge on any atom is -0.423 e. The molecule has 19 heavy (non-hydrogen) atoms. The molecule has 0 aliphatic carbocycles. The van der Waals surface area contributed by atoms with E-state index < -0.39 is 7.12 Å². The third-order valence-corrected chi connectivity index (χ3v) is 4.02. The van der Waals surface area contributed by atoms with E-state index in [2.05, 4.69) is 19.2 Å². The monoisotopic (exact) mass is 262 g/mol. The standard InChI is InChI=1S/C14H23BN2O2/c1-3-10(2)13-7-12(15(18)19)8-14(17-13)11-5-4-6-16-9-11/h7-8,10-11,16,18-19H,3-6,9H2,1-2H3. The van der Waals surface area contributed by atoms with Gasteiger partial charge < -0.3 is 15.4 Å². The highest BCUT2D eigenvalue weighted by molar-refractivity contribution is 6.58. The Morgan fingerprint density at radius 2 is 2.26 bits per heavy atom. The lowest BCUT2D eigenvalue weighted by Crippen LogP contribution is -2.34. The third kappa shape index (κ3) is 3.56. The van der Waals surface area contributed by atoms with Gasteiger partial charge >= 0.3 is 7.12 Å². The fraction of sp³-hybridized carbons (Fsp3) is 0.643. The average molecular weight is 262 g/mol. The van der Waals surface area contributed by atoms with Crippen molar-refractivity contribution in [3.63, 3.8) is 0 Å². The molecule has 2 heterocycles. The van der Waals surface area contributed by atoms with Crippen molar-refractivity contribution >= 4 is 12.6 Å². The van der Waals surface area contributed by atoms with Crippen LogP contribution in [0.1, 0.15) is 56.3 Å². The van der Waals surface area contributed by atoms with E-state index in [1.165, 1.54) is 0 Å². The summed E-state index contributed by atoms with van der Waals surface area (Å²) in [6.45, 7) is 6.24. The molecule has 1 aliphatic heterocycles. The van der Waals surface area contributed by atoms with Gasteiger partial charge in [0.1, 0.15) is 0 Å². The first-order valence-corrected chi connectivity index (χ1v) is 7.20. The summed E-state index contributed by atoms with van der Waals surface area (Å²) < 4.78 is 0. The van der Waals surface area contributed by atoms with Gasteiger partial charge in [0.25, 0.3) is 0 Å². The van der Waals surface area contributed by atoms with Gasteiger partial charge in [-0.2, -0.15) is 0 Å². The molecule has 1 aromatic rings. The molecule has 104 valence electrons. The fourth-order valence-corrected chi connectivity index (χ4v) is 2.52. The Hall–Kier alpha value is -0.905. The van der Waals surface area contributed by atoms with Crippen molar-refractivity contribution in [2.24, 2.45) is 0 Å². The van der Waals surface area contributed by atoms with E-state index in [-0.39, 0.29) is 0 Å². The van der Waals surface area contributed by atoms with Gasteiger partial charge in [0.15, 0.2) is 0 Å². The van der Waals surface area contributed by atoms with Crippen molar-refractivity contribution in [2.45, 2.75) is 44.9 Å². The topological polar surface area (TPSA) is 65.4 Å². The molecule has 2 unspecified atom stereocenters. The Labute approximate surface area is 115 Å². The van der Waals surface area contributed by atoms with Crippen LogP contribution in [0.15, 0.2) is 12.1 Å². The van der Waals surface area contributed by atoms with Gasteiger partial charge in [-0.25, -0.2) is 0 Å². The molecule has 3 N–H and O–H groups in total. The van der Waals surface area contributed by atoms with Gasteiger partial charge in [0, 0.05) is 23.9 Å². The van der Waals surface area contributed by atoms with Crippen LogP contribution in [0.2, 0.25) is 0 Å². The summed E-state index contributed by atoms with van der Waals surface area (Å²) in [4.78, 5) is 4.75. The van der Waals surface area contributed by atoms with Gasteiger partial charge in [-0.15, -0.1) is 0 Å². The second-order valence-corrected chi connectivity index (χ2v) is 5.48. The van der Waals surface area contributed by atoms with E-state index in [1.54, 1.807) is 0 Å². The van der Waals surface area contributed by atoms with Crippen LogP contribution in [0, 0.1) is 0 Å². The van der Waals surface area contributed by atoms with Gasteiger partial charge in [-0.3, -0.25) is 4.98 Å². The third-order valence-electron chi connectivity index (χ3n) is 4.02. The maximum absolute atomic E-state index is 9.44. The lowest BCUT2D eigenvalue weighted by Gasteiger charge is -2.24. The van der Waals surface area contributed by atoms with Crippen molar-refractivity contribution in [2.75, 3.05) is 13.1 Å². The average Bonchev–Trinajstić information content (AvgIpc) is 2.46. The zero-order valence-corrected chi connectivity index (χ0v) is 11.8. The highest BCUT2D eigenvalue weighted by atomic mass is 16.4. The van der Waals surface area contributed by atoms with Crippen molar-refractivity contribution in [3.05, 3.63) is 23.5 Å². The van der Waals surface area contributed by atoms with E-state index in [9.17, 15) is 10.0 Å². The van der Waals surface area contributed by atoms with E-state index in [1.807, 2.05) is 12.1 Å². The minimum atomic E-state index is -1.42. The molecule has 0 aromatic carbocycles. The fourth-order valence-electron chi connectivity index (χ4n) is 2.52. The lowest BCUT2D eigenvalue weighted by molar-refractivity contribution is 0.425. The van der Waals surface area contributed by atoms with Gasteiger partial charge in [0.2, 0.25) is 0 Å². The Kier molecular flexibility index (Phi) is 4.96. The SMILES string of the molecule is CCC(C)c1cc(B(O)O)cc(C2CCCNC2)n1. The normalized spacial score (nSPS) is 21.2. The van der Waals surface area contributed by atoms with Gasteiger partial charge in [-0.05, 0) is 49.3 Å². The number of rotatable bonds is 4. The summed E-state index contributed by atoms with van der Waals surface area (Å²) in [6, 6.07) is 3.66. The van der Waals surface area contributed by atoms with Crippen LogP contribution in [0.3, 0.4) is 0 Å². The Balaban J connectivity index is 2.32. The summed E-state index contributed by atoms with van der Waals surface area (Å²) in [6.07, 6.45) is 3.27. The second kappa shape index (κ2) is 6.50.